The minimum Gasteiger partial charge on any atom is -0.444 e. The van der Waals surface area contributed by atoms with E-state index in [1.807, 2.05) is 34.6 Å². The number of hydrogen-bond donors (Lipinski definition) is 2. The van der Waals surface area contributed by atoms with Crippen molar-refractivity contribution in [3.8, 4) is 0 Å². The lowest BCUT2D eigenvalue weighted by Gasteiger charge is -2.26. The Morgan fingerprint density at radius 3 is 2.52 bits per heavy atom. The summed E-state index contributed by atoms with van der Waals surface area (Å²) in [4.78, 5) is 23.8. The molecule has 0 aromatic rings. The van der Waals surface area contributed by atoms with E-state index in [1.165, 1.54) is 0 Å². The van der Waals surface area contributed by atoms with Gasteiger partial charge in [0, 0.05) is 19.6 Å². The summed E-state index contributed by atoms with van der Waals surface area (Å²) >= 11 is 0. The van der Waals surface area contributed by atoms with Gasteiger partial charge < -0.3 is 20.1 Å². The van der Waals surface area contributed by atoms with Gasteiger partial charge in [0.05, 0.1) is 12.1 Å². The molecule has 6 nitrogen and oxygen atoms in total. The normalized spacial score (nSPS) is 19.5. The second kappa shape index (κ2) is 9.11. The van der Waals surface area contributed by atoms with Gasteiger partial charge in [-0.05, 0) is 46.0 Å². The van der Waals surface area contributed by atoms with Crippen LogP contribution in [0.25, 0.3) is 0 Å². The van der Waals surface area contributed by atoms with Gasteiger partial charge in [-0.2, -0.15) is 0 Å². The summed E-state index contributed by atoms with van der Waals surface area (Å²) in [6, 6.07) is -0.156. The molecule has 2 N–H and O–H groups in total. The minimum atomic E-state index is -0.532. The number of rotatable bonds is 7. The highest BCUT2D eigenvalue weighted by Crippen LogP contribution is 2.16. The number of hydrogen-bond acceptors (Lipinski definition) is 4. The Balaban J connectivity index is 2.31. The van der Waals surface area contributed by atoms with Crippen LogP contribution in [-0.4, -0.2) is 42.9 Å². The Morgan fingerprint density at radius 1 is 1.30 bits per heavy atom. The van der Waals surface area contributed by atoms with Crippen LogP contribution in [0, 0.1) is 5.92 Å². The second-order valence-corrected chi connectivity index (χ2v) is 7.47. The van der Waals surface area contributed by atoms with Crippen molar-refractivity contribution in [1.82, 2.24) is 10.6 Å². The first kappa shape index (κ1) is 19.7. The largest absolute Gasteiger partial charge is 0.444 e. The topological polar surface area (TPSA) is 76.7 Å². The molecule has 0 spiro atoms. The molecule has 0 radical (unpaired) electrons. The molecule has 1 rings (SSSR count). The van der Waals surface area contributed by atoms with Gasteiger partial charge in [0.25, 0.3) is 0 Å². The molecule has 0 unspecified atom stereocenters. The fourth-order valence-corrected chi connectivity index (χ4v) is 2.39. The number of carbonyl (C=O) groups excluding carboxylic acids is 2. The van der Waals surface area contributed by atoms with E-state index in [1.54, 1.807) is 0 Å². The smallest absolute Gasteiger partial charge is 0.407 e. The molecular formula is C17H32N2O4. The highest BCUT2D eigenvalue weighted by molar-refractivity contribution is 5.76. The van der Waals surface area contributed by atoms with Crippen molar-refractivity contribution in [2.45, 2.75) is 78.0 Å². The summed E-state index contributed by atoms with van der Waals surface area (Å²) in [6.45, 7) is 10.7. The van der Waals surface area contributed by atoms with Crippen LogP contribution in [0.1, 0.15) is 60.3 Å². The maximum Gasteiger partial charge on any atom is 0.407 e. The molecule has 0 aromatic heterocycles. The van der Waals surface area contributed by atoms with Gasteiger partial charge in [-0.3, -0.25) is 4.79 Å². The van der Waals surface area contributed by atoms with E-state index in [0.29, 0.717) is 13.0 Å². The van der Waals surface area contributed by atoms with Crippen LogP contribution in [0.4, 0.5) is 4.79 Å². The van der Waals surface area contributed by atoms with Crippen molar-refractivity contribution in [2.24, 2.45) is 5.92 Å². The summed E-state index contributed by atoms with van der Waals surface area (Å²) in [5.74, 6) is 0.193. The fourth-order valence-electron chi connectivity index (χ4n) is 2.39. The van der Waals surface area contributed by atoms with E-state index in [4.69, 9.17) is 9.47 Å². The van der Waals surface area contributed by atoms with E-state index < -0.39 is 11.7 Å². The van der Waals surface area contributed by atoms with E-state index in [9.17, 15) is 9.59 Å². The molecule has 0 bridgehead atoms. The lowest BCUT2D eigenvalue weighted by atomic mass is 10.0. The molecule has 23 heavy (non-hydrogen) atoms. The quantitative estimate of drug-likeness (QED) is 0.753. The Labute approximate surface area is 139 Å². The molecule has 0 aliphatic carbocycles. The molecule has 0 saturated carbocycles. The van der Waals surface area contributed by atoms with Gasteiger partial charge in [-0.25, -0.2) is 4.79 Å². The van der Waals surface area contributed by atoms with Crippen LogP contribution in [0.3, 0.4) is 0 Å². The van der Waals surface area contributed by atoms with Crippen LogP contribution >= 0.6 is 0 Å². The summed E-state index contributed by atoms with van der Waals surface area (Å²) in [7, 11) is 0. The van der Waals surface area contributed by atoms with Crippen molar-refractivity contribution >= 4 is 12.0 Å². The zero-order valence-electron chi connectivity index (χ0n) is 15.1. The first-order valence-corrected chi connectivity index (χ1v) is 8.55. The maximum atomic E-state index is 11.9. The Bertz CT molecular complexity index is 385. The lowest BCUT2D eigenvalue weighted by molar-refractivity contribution is -0.121. The molecule has 2 amide bonds. The molecule has 0 aromatic carbocycles. The minimum absolute atomic E-state index is 0.00265. The first-order chi connectivity index (χ1) is 10.7. The van der Waals surface area contributed by atoms with E-state index in [0.717, 1.165) is 25.9 Å². The summed E-state index contributed by atoms with van der Waals surface area (Å²) in [6.07, 6.45) is 3.12. The molecule has 1 heterocycles. The third-order valence-electron chi connectivity index (χ3n) is 3.74. The van der Waals surface area contributed by atoms with E-state index >= 15 is 0 Å². The highest BCUT2D eigenvalue weighted by atomic mass is 16.6. The molecule has 1 aliphatic heterocycles. The van der Waals surface area contributed by atoms with Crippen LogP contribution in [0.2, 0.25) is 0 Å². The number of alkyl carbamates (subject to hydrolysis) is 1. The maximum absolute atomic E-state index is 11.9. The zero-order valence-corrected chi connectivity index (χ0v) is 15.1. The molecule has 1 saturated heterocycles. The van der Waals surface area contributed by atoms with Gasteiger partial charge in [0.2, 0.25) is 5.91 Å². The van der Waals surface area contributed by atoms with Crippen LogP contribution < -0.4 is 10.6 Å². The van der Waals surface area contributed by atoms with Crippen LogP contribution in [0.15, 0.2) is 0 Å². The van der Waals surface area contributed by atoms with E-state index in [-0.39, 0.29) is 24.0 Å². The monoisotopic (exact) mass is 328 g/mol. The third-order valence-corrected chi connectivity index (χ3v) is 3.74. The number of amides is 2. The number of nitrogens with one attached hydrogen (secondary N) is 2. The van der Waals surface area contributed by atoms with Gasteiger partial charge >= 0.3 is 6.09 Å². The predicted octanol–water partition coefficient (Wildman–Crippen LogP) is 2.61. The van der Waals surface area contributed by atoms with Crippen molar-refractivity contribution in [1.29, 1.82) is 0 Å². The SMILES string of the molecule is CC(C)[C@H](CNC(=O)CC[C@H]1CCCO1)NC(=O)OC(C)(C)C. The van der Waals surface area contributed by atoms with Gasteiger partial charge in [0.15, 0.2) is 0 Å². The Kier molecular flexibility index (Phi) is 7.82. The number of carbonyl (C=O) groups is 2. The summed E-state index contributed by atoms with van der Waals surface area (Å²) in [5.41, 5.74) is -0.532. The van der Waals surface area contributed by atoms with Crippen LogP contribution in [0.5, 0.6) is 0 Å². The molecule has 2 atom stereocenters. The molecule has 6 heteroatoms. The highest BCUT2D eigenvalue weighted by Gasteiger charge is 2.22. The van der Waals surface area contributed by atoms with Crippen molar-refractivity contribution < 1.29 is 19.1 Å². The average Bonchev–Trinajstić information content (AvgIpc) is 2.92. The average molecular weight is 328 g/mol. The summed E-state index contributed by atoms with van der Waals surface area (Å²) < 4.78 is 10.8. The lowest BCUT2D eigenvalue weighted by Crippen LogP contribution is -2.48. The third kappa shape index (κ3) is 8.79. The summed E-state index contributed by atoms with van der Waals surface area (Å²) in [5, 5.41) is 5.72. The van der Waals surface area contributed by atoms with Gasteiger partial charge in [-0.1, -0.05) is 13.8 Å². The standard InChI is InChI=1S/C17H32N2O4/c1-12(2)14(19-16(21)23-17(3,4)5)11-18-15(20)9-8-13-7-6-10-22-13/h12-14H,6-11H2,1-5H3,(H,18,20)(H,19,21)/t13-,14+/m1/s1. The molecule has 134 valence electrons. The number of ether oxygens (including phenoxy) is 2. The van der Waals surface area contributed by atoms with Crippen molar-refractivity contribution in [3.05, 3.63) is 0 Å². The molecule has 1 fully saturated rings. The first-order valence-electron chi connectivity index (χ1n) is 8.55. The predicted molar refractivity (Wildman–Crippen MR) is 89.2 cm³/mol. The van der Waals surface area contributed by atoms with E-state index in [2.05, 4.69) is 10.6 Å². The van der Waals surface area contributed by atoms with Gasteiger partial charge in [-0.15, -0.1) is 0 Å². The molecule has 1 aliphatic rings. The van der Waals surface area contributed by atoms with Crippen molar-refractivity contribution in [2.75, 3.05) is 13.2 Å². The zero-order chi connectivity index (χ0) is 17.5. The second-order valence-electron chi connectivity index (χ2n) is 7.47. The molecular weight excluding hydrogens is 296 g/mol. The Hall–Kier alpha value is -1.30. The van der Waals surface area contributed by atoms with Crippen LogP contribution in [-0.2, 0) is 14.3 Å². The Morgan fingerprint density at radius 2 is 2.00 bits per heavy atom. The fraction of sp³-hybridized carbons (Fsp3) is 0.882. The van der Waals surface area contributed by atoms with Gasteiger partial charge in [0.1, 0.15) is 5.60 Å². The van der Waals surface area contributed by atoms with Crippen molar-refractivity contribution in [3.63, 3.8) is 0 Å².